The van der Waals surface area contributed by atoms with E-state index in [-0.39, 0.29) is 0 Å². The summed E-state index contributed by atoms with van der Waals surface area (Å²) in [6.07, 6.45) is 6.34. The minimum absolute atomic E-state index is 0.497. The van der Waals surface area contributed by atoms with Gasteiger partial charge in [-0.2, -0.15) is 0 Å². The molecule has 0 amide bonds. The SMILES string of the molecule is CCC1CCCC(c2nc(NN)c3ccsc3n2)C1. The lowest BCUT2D eigenvalue weighted by Gasteiger charge is -2.27. The Hall–Kier alpha value is -1.20. The first kappa shape index (κ1) is 12.8. The van der Waals surface area contributed by atoms with Gasteiger partial charge in [0, 0.05) is 5.92 Å². The summed E-state index contributed by atoms with van der Waals surface area (Å²) in [6, 6.07) is 2.02. The summed E-state index contributed by atoms with van der Waals surface area (Å²) in [5, 5.41) is 3.07. The van der Waals surface area contributed by atoms with Crippen molar-refractivity contribution in [2.45, 2.75) is 44.9 Å². The molecule has 5 heteroatoms. The topological polar surface area (TPSA) is 63.8 Å². The summed E-state index contributed by atoms with van der Waals surface area (Å²) in [4.78, 5) is 10.4. The third-order valence-electron chi connectivity index (χ3n) is 4.20. The molecule has 2 aromatic heterocycles. The van der Waals surface area contributed by atoms with Gasteiger partial charge in [-0.25, -0.2) is 15.8 Å². The van der Waals surface area contributed by atoms with Crippen LogP contribution in [-0.4, -0.2) is 9.97 Å². The van der Waals surface area contributed by atoms with E-state index in [1.165, 1.54) is 32.1 Å². The number of rotatable bonds is 3. The van der Waals surface area contributed by atoms with Gasteiger partial charge in [-0.15, -0.1) is 11.3 Å². The molecule has 0 bridgehead atoms. The Morgan fingerprint density at radius 2 is 2.32 bits per heavy atom. The van der Waals surface area contributed by atoms with Gasteiger partial charge in [0.1, 0.15) is 10.7 Å². The number of hydrogen-bond donors (Lipinski definition) is 2. The Labute approximate surface area is 117 Å². The van der Waals surface area contributed by atoms with E-state index in [4.69, 9.17) is 10.8 Å². The van der Waals surface area contributed by atoms with Gasteiger partial charge in [-0.1, -0.05) is 26.2 Å². The fraction of sp³-hybridized carbons (Fsp3) is 0.571. The molecule has 0 saturated heterocycles. The molecule has 1 saturated carbocycles. The van der Waals surface area contributed by atoms with Crippen molar-refractivity contribution >= 4 is 27.4 Å². The monoisotopic (exact) mass is 276 g/mol. The van der Waals surface area contributed by atoms with Gasteiger partial charge < -0.3 is 5.43 Å². The van der Waals surface area contributed by atoms with Gasteiger partial charge in [0.05, 0.1) is 5.39 Å². The van der Waals surface area contributed by atoms with Crippen molar-refractivity contribution in [2.24, 2.45) is 11.8 Å². The van der Waals surface area contributed by atoms with E-state index in [1.54, 1.807) is 11.3 Å². The molecule has 1 aliphatic rings. The van der Waals surface area contributed by atoms with Crippen LogP contribution in [0.1, 0.15) is 50.8 Å². The number of nitrogens with two attached hydrogens (primary N) is 1. The van der Waals surface area contributed by atoms with Crippen LogP contribution >= 0.6 is 11.3 Å². The fourth-order valence-corrected chi connectivity index (χ4v) is 3.83. The van der Waals surface area contributed by atoms with Gasteiger partial charge in [-0.05, 0) is 30.2 Å². The Kier molecular flexibility index (Phi) is 3.66. The largest absolute Gasteiger partial charge is 0.308 e. The third-order valence-corrected chi connectivity index (χ3v) is 5.01. The van der Waals surface area contributed by atoms with Gasteiger partial charge >= 0.3 is 0 Å². The molecule has 0 radical (unpaired) electrons. The molecule has 2 atom stereocenters. The zero-order chi connectivity index (χ0) is 13.2. The van der Waals surface area contributed by atoms with Crippen molar-refractivity contribution in [3.05, 3.63) is 17.3 Å². The number of aromatic nitrogens is 2. The molecule has 1 fully saturated rings. The summed E-state index contributed by atoms with van der Waals surface area (Å²) in [7, 11) is 0. The van der Waals surface area contributed by atoms with Crippen molar-refractivity contribution in [1.82, 2.24) is 9.97 Å². The molecule has 102 valence electrons. The summed E-state index contributed by atoms with van der Waals surface area (Å²) < 4.78 is 0. The van der Waals surface area contributed by atoms with Gasteiger partial charge in [0.25, 0.3) is 0 Å². The Bertz CT molecular complexity index is 566. The molecular formula is C14H20N4S. The van der Waals surface area contributed by atoms with E-state index in [0.717, 1.165) is 27.8 Å². The van der Waals surface area contributed by atoms with Gasteiger partial charge in [-0.3, -0.25) is 0 Å². The van der Waals surface area contributed by atoms with Crippen LogP contribution in [0.3, 0.4) is 0 Å². The van der Waals surface area contributed by atoms with Crippen LogP contribution in [0.15, 0.2) is 11.4 Å². The number of anilines is 1. The summed E-state index contributed by atoms with van der Waals surface area (Å²) in [5.74, 6) is 8.66. The molecule has 1 aliphatic carbocycles. The second-order valence-electron chi connectivity index (χ2n) is 5.35. The third kappa shape index (κ3) is 2.44. The smallest absolute Gasteiger partial charge is 0.152 e. The Morgan fingerprint density at radius 3 is 3.11 bits per heavy atom. The highest BCUT2D eigenvalue weighted by Gasteiger charge is 2.25. The lowest BCUT2D eigenvalue weighted by Crippen LogP contribution is -2.17. The van der Waals surface area contributed by atoms with E-state index in [1.807, 2.05) is 11.4 Å². The molecule has 0 aromatic carbocycles. The van der Waals surface area contributed by atoms with Crippen molar-refractivity contribution in [3.8, 4) is 0 Å². The maximum Gasteiger partial charge on any atom is 0.152 e. The standard InChI is InChI=1S/C14H20N4S/c1-2-9-4-3-5-10(8-9)12-16-13(18-15)11-6-7-19-14(11)17-12/h6-7,9-10H,2-5,8,15H2,1H3,(H,16,17,18). The van der Waals surface area contributed by atoms with Crippen LogP contribution in [0.4, 0.5) is 5.82 Å². The van der Waals surface area contributed by atoms with E-state index < -0.39 is 0 Å². The molecule has 2 unspecified atom stereocenters. The molecule has 19 heavy (non-hydrogen) atoms. The van der Waals surface area contributed by atoms with Crippen LogP contribution in [0.2, 0.25) is 0 Å². The fourth-order valence-electron chi connectivity index (χ4n) is 3.06. The van der Waals surface area contributed by atoms with Crippen LogP contribution in [-0.2, 0) is 0 Å². The number of fused-ring (bicyclic) bond motifs is 1. The molecule has 0 aliphatic heterocycles. The van der Waals surface area contributed by atoms with Crippen molar-refractivity contribution < 1.29 is 0 Å². The van der Waals surface area contributed by atoms with Gasteiger partial charge in [0.15, 0.2) is 5.82 Å². The molecule has 2 aromatic rings. The first-order valence-electron chi connectivity index (χ1n) is 7.03. The highest BCUT2D eigenvalue weighted by atomic mass is 32.1. The van der Waals surface area contributed by atoms with E-state index in [2.05, 4.69) is 17.3 Å². The second-order valence-corrected chi connectivity index (χ2v) is 6.25. The van der Waals surface area contributed by atoms with Crippen molar-refractivity contribution in [2.75, 3.05) is 5.43 Å². The minimum atomic E-state index is 0.497. The number of nitrogens with zero attached hydrogens (tertiary/aromatic N) is 2. The normalized spacial score (nSPS) is 23.7. The zero-order valence-electron chi connectivity index (χ0n) is 11.2. The van der Waals surface area contributed by atoms with E-state index in [0.29, 0.717) is 5.92 Å². The summed E-state index contributed by atoms with van der Waals surface area (Å²) in [5.41, 5.74) is 2.72. The molecule has 2 heterocycles. The van der Waals surface area contributed by atoms with Crippen molar-refractivity contribution in [3.63, 3.8) is 0 Å². The summed E-state index contributed by atoms with van der Waals surface area (Å²) in [6.45, 7) is 2.28. The molecular weight excluding hydrogens is 256 g/mol. The molecule has 4 nitrogen and oxygen atoms in total. The number of hydrazine groups is 1. The highest BCUT2D eigenvalue weighted by molar-refractivity contribution is 7.16. The predicted octanol–water partition coefficient (Wildman–Crippen LogP) is 3.66. The average Bonchev–Trinajstić information content (AvgIpc) is 2.94. The quantitative estimate of drug-likeness (QED) is 0.663. The Balaban J connectivity index is 1.95. The number of hydrogen-bond acceptors (Lipinski definition) is 5. The predicted molar refractivity (Wildman–Crippen MR) is 80.2 cm³/mol. The second kappa shape index (κ2) is 5.43. The van der Waals surface area contributed by atoms with E-state index >= 15 is 0 Å². The number of nitrogens with one attached hydrogen (secondary N) is 1. The van der Waals surface area contributed by atoms with Gasteiger partial charge in [0.2, 0.25) is 0 Å². The average molecular weight is 276 g/mol. The lowest BCUT2D eigenvalue weighted by molar-refractivity contribution is 0.308. The zero-order valence-corrected chi connectivity index (χ0v) is 12.0. The number of thiophene rings is 1. The van der Waals surface area contributed by atoms with Crippen LogP contribution in [0.25, 0.3) is 10.2 Å². The maximum atomic E-state index is 5.59. The molecule has 0 spiro atoms. The van der Waals surface area contributed by atoms with Crippen LogP contribution in [0.5, 0.6) is 0 Å². The molecule has 3 rings (SSSR count). The lowest BCUT2D eigenvalue weighted by atomic mass is 9.80. The van der Waals surface area contributed by atoms with Crippen LogP contribution < -0.4 is 11.3 Å². The van der Waals surface area contributed by atoms with Crippen LogP contribution in [0, 0.1) is 5.92 Å². The Morgan fingerprint density at radius 1 is 1.42 bits per heavy atom. The molecule has 3 N–H and O–H groups in total. The number of nitrogen functional groups attached to an aromatic ring is 1. The van der Waals surface area contributed by atoms with Crippen molar-refractivity contribution in [1.29, 1.82) is 0 Å². The highest BCUT2D eigenvalue weighted by Crippen LogP contribution is 2.37. The minimum Gasteiger partial charge on any atom is -0.308 e. The maximum absolute atomic E-state index is 5.59. The summed E-state index contributed by atoms with van der Waals surface area (Å²) >= 11 is 1.65. The first-order chi connectivity index (χ1) is 9.31. The first-order valence-corrected chi connectivity index (χ1v) is 7.91. The van der Waals surface area contributed by atoms with E-state index in [9.17, 15) is 0 Å².